The molecule has 102 valence electrons. The third-order valence-corrected chi connectivity index (χ3v) is 3.99. The van der Waals surface area contributed by atoms with E-state index in [0.29, 0.717) is 17.1 Å². The number of benzene rings is 1. The van der Waals surface area contributed by atoms with E-state index >= 15 is 0 Å². The highest BCUT2D eigenvalue weighted by Gasteiger charge is 2.31. The van der Waals surface area contributed by atoms with E-state index in [-0.39, 0.29) is 11.9 Å². The number of nitrogens with zero attached hydrogens (tertiary/aromatic N) is 2. The van der Waals surface area contributed by atoms with Crippen LogP contribution in [0.25, 0.3) is 10.9 Å². The van der Waals surface area contributed by atoms with Crippen molar-refractivity contribution in [3.63, 3.8) is 0 Å². The summed E-state index contributed by atoms with van der Waals surface area (Å²) in [6, 6.07) is 9.29. The minimum Gasteiger partial charge on any atom is -0.392 e. The van der Waals surface area contributed by atoms with Gasteiger partial charge in [0.2, 0.25) is 0 Å². The average molecular weight is 285 g/mol. The largest absolute Gasteiger partial charge is 0.392 e. The first-order chi connectivity index (χ1) is 9.68. The summed E-state index contributed by atoms with van der Waals surface area (Å²) in [7, 11) is 0. The van der Waals surface area contributed by atoms with Gasteiger partial charge in [0, 0.05) is 18.1 Å². The summed E-state index contributed by atoms with van der Waals surface area (Å²) >= 11 is 5.07. The summed E-state index contributed by atoms with van der Waals surface area (Å²) in [6.07, 6.45) is 3.46. The Morgan fingerprint density at radius 2 is 2.15 bits per heavy atom. The molecule has 2 N–H and O–H groups in total. The lowest BCUT2D eigenvalue weighted by Gasteiger charge is -2.24. The van der Waals surface area contributed by atoms with Crippen molar-refractivity contribution in [1.29, 1.82) is 0 Å². The third-order valence-electron chi connectivity index (χ3n) is 3.72. The Morgan fingerprint density at radius 3 is 2.95 bits per heavy atom. The number of carbonyl (C=O) groups is 1. The Balaban J connectivity index is 2.03. The Hall–Kier alpha value is -2.01. The number of nitrogens with two attached hydrogens (primary N) is 1. The topological polar surface area (TPSA) is 59.2 Å². The van der Waals surface area contributed by atoms with Crippen LogP contribution in [0.2, 0.25) is 0 Å². The lowest BCUT2D eigenvalue weighted by Crippen LogP contribution is -2.42. The molecule has 2 aromatic rings. The molecule has 0 saturated carbocycles. The van der Waals surface area contributed by atoms with E-state index in [4.69, 9.17) is 18.0 Å². The zero-order valence-electron chi connectivity index (χ0n) is 11.0. The minimum absolute atomic E-state index is 0.0149. The minimum atomic E-state index is -0.121. The zero-order valence-corrected chi connectivity index (χ0v) is 11.8. The molecule has 1 atom stereocenters. The summed E-state index contributed by atoms with van der Waals surface area (Å²) in [5, 5.41) is 0.869. The van der Waals surface area contributed by atoms with Gasteiger partial charge in [0.15, 0.2) is 0 Å². The van der Waals surface area contributed by atoms with Crippen LogP contribution in [0.15, 0.2) is 36.5 Å². The van der Waals surface area contributed by atoms with Crippen molar-refractivity contribution in [2.45, 2.75) is 18.9 Å². The van der Waals surface area contributed by atoms with Crippen LogP contribution in [0, 0.1) is 0 Å². The van der Waals surface area contributed by atoms with E-state index in [9.17, 15) is 4.79 Å². The first kappa shape index (κ1) is 13.0. The number of carbonyl (C=O) groups excluding carboxylic acids is 1. The summed E-state index contributed by atoms with van der Waals surface area (Å²) in [6.45, 7) is 0.706. The molecule has 1 amide bonds. The number of pyridine rings is 1. The van der Waals surface area contributed by atoms with Gasteiger partial charge in [0.25, 0.3) is 5.91 Å². The van der Waals surface area contributed by atoms with Crippen molar-refractivity contribution in [2.24, 2.45) is 5.73 Å². The molecule has 1 aromatic heterocycles. The summed E-state index contributed by atoms with van der Waals surface area (Å²) in [5.74, 6) is -0.0149. The van der Waals surface area contributed by atoms with Crippen molar-refractivity contribution >= 4 is 34.0 Å². The molecule has 0 spiro atoms. The number of hydrogen-bond donors (Lipinski definition) is 1. The molecule has 0 aliphatic carbocycles. The molecule has 2 heterocycles. The van der Waals surface area contributed by atoms with Crippen LogP contribution in [-0.2, 0) is 0 Å². The molecule has 1 aliphatic rings. The number of thiocarbonyl (C=S) groups is 1. The van der Waals surface area contributed by atoms with E-state index in [2.05, 4.69) is 4.98 Å². The smallest absolute Gasteiger partial charge is 0.255 e. The van der Waals surface area contributed by atoms with E-state index in [0.717, 1.165) is 23.7 Å². The number of rotatable bonds is 2. The predicted molar refractivity (Wildman–Crippen MR) is 82.6 cm³/mol. The summed E-state index contributed by atoms with van der Waals surface area (Å²) < 4.78 is 0. The van der Waals surface area contributed by atoms with Crippen LogP contribution in [0.5, 0.6) is 0 Å². The van der Waals surface area contributed by atoms with Crippen LogP contribution in [0.1, 0.15) is 23.2 Å². The molecule has 5 heteroatoms. The Labute approximate surface area is 122 Å². The monoisotopic (exact) mass is 285 g/mol. The first-order valence-corrected chi connectivity index (χ1v) is 7.03. The highest BCUT2D eigenvalue weighted by Crippen LogP contribution is 2.24. The third kappa shape index (κ3) is 2.14. The predicted octanol–water partition coefficient (Wildman–Crippen LogP) is 2.13. The van der Waals surface area contributed by atoms with Crippen LogP contribution in [0.4, 0.5) is 0 Å². The summed E-state index contributed by atoms with van der Waals surface area (Å²) in [5.41, 5.74) is 7.23. The number of aromatic nitrogens is 1. The molecule has 1 unspecified atom stereocenters. The number of para-hydroxylation sites is 1. The Bertz CT molecular complexity index is 680. The van der Waals surface area contributed by atoms with Gasteiger partial charge in [-0.2, -0.15) is 0 Å². The molecular weight excluding hydrogens is 270 g/mol. The van der Waals surface area contributed by atoms with Crippen molar-refractivity contribution < 1.29 is 4.79 Å². The second kappa shape index (κ2) is 5.17. The number of hydrogen-bond acceptors (Lipinski definition) is 3. The lowest BCUT2D eigenvalue weighted by atomic mass is 10.1. The van der Waals surface area contributed by atoms with Crippen LogP contribution < -0.4 is 5.73 Å². The van der Waals surface area contributed by atoms with Crippen molar-refractivity contribution in [3.05, 3.63) is 42.1 Å². The van der Waals surface area contributed by atoms with Gasteiger partial charge in [0.05, 0.1) is 22.1 Å². The van der Waals surface area contributed by atoms with E-state index < -0.39 is 0 Å². The molecule has 0 bridgehead atoms. The van der Waals surface area contributed by atoms with Gasteiger partial charge in [-0.1, -0.05) is 30.4 Å². The van der Waals surface area contributed by atoms with Gasteiger partial charge in [0.1, 0.15) is 0 Å². The molecule has 3 rings (SSSR count). The number of amides is 1. The van der Waals surface area contributed by atoms with Crippen LogP contribution in [-0.4, -0.2) is 33.4 Å². The fourth-order valence-electron chi connectivity index (χ4n) is 2.74. The molecule has 0 radical (unpaired) electrons. The first-order valence-electron chi connectivity index (χ1n) is 6.62. The molecule has 1 aromatic carbocycles. The van der Waals surface area contributed by atoms with Gasteiger partial charge < -0.3 is 10.6 Å². The molecule has 1 fully saturated rings. The molecule has 4 nitrogen and oxygen atoms in total. The maximum atomic E-state index is 12.8. The van der Waals surface area contributed by atoms with Crippen molar-refractivity contribution in [2.75, 3.05) is 6.54 Å². The van der Waals surface area contributed by atoms with Crippen molar-refractivity contribution in [3.8, 4) is 0 Å². The van der Waals surface area contributed by atoms with Gasteiger partial charge in [-0.15, -0.1) is 0 Å². The van der Waals surface area contributed by atoms with Gasteiger partial charge in [-0.05, 0) is 25.0 Å². The standard InChI is InChI=1S/C15H15N3OS/c16-14(20)13-6-3-9-18(13)15(19)11-7-8-17-12-5-2-1-4-10(11)12/h1-2,4-5,7-8,13H,3,6,9H2,(H2,16,20). The van der Waals surface area contributed by atoms with Crippen LogP contribution in [0.3, 0.4) is 0 Å². The normalized spacial score (nSPS) is 18.4. The SMILES string of the molecule is NC(=S)C1CCCN1C(=O)c1ccnc2ccccc12. The maximum absolute atomic E-state index is 12.8. The second-order valence-corrected chi connectivity index (χ2v) is 5.41. The maximum Gasteiger partial charge on any atom is 0.255 e. The lowest BCUT2D eigenvalue weighted by molar-refractivity contribution is 0.0772. The Kier molecular flexibility index (Phi) is 3.36. The molecule has 1 aliphatic heterocycles. The van der Waals surface area contributed by atoms with Gasteiger partial charge in [-0.25, -0.2) is 0 Å². The van der Waals surface area contributed by atoms with Crippen molar-refractivity contribution in [1.82, 2.24) is 9.88 Å². The number of likely N-dealkylation sites (tertiary alicyclic amines) is 1. The van der Waals surface area contributed by atoms with Crippen LogP contribution >= 0.6 is 12.2 Å². The highest BCUT2D eigenvalue weighted by molar-refractivity contribution is 7.80. The molecule has 1 saturated heterocycles. The Morgan fingerprint density at radius 1 is 1.35 bits per heavy atom. The summed E-state index contributed by atoms with van der Waals surface area (Å²) in [4.78, 5) is 19.2. The second-order valence-electron chi connectivity index (χ2n) is 4.93. The average Bonchev–Trinajstić information content (AvgIpc) is 2.95. The zero-order chi connectivity index (χ0) is 14.1. The fraction of sp³-hybridized carbons (Fsp3) is 0.267. The quantitative estimate of drug-likeness (QED) is 0.859. The fourth-order valence-corrected chi connectivity index (χ4v) is 2.99. The molecule has 20 heavy (non-hydrogen) atoms. The van der Waals surface area contributed by atoms with E-state index in [1.54, 1.807) is 17.2 Å². The van der Waals surface area contributed by atoms with E-state index in [1.165, 1.54) is 0 Å². The van der Waals surface area contributed by atoms with E-state index in [1.807, 2.05) is 24.3 Å². The van der Waals surface area contributed by atoms with Gasteiger partial charge >= 0.3 is 0 Å². The van der Waals surface area contributed by atoms with Gasteiger partial charge in [-0.3, -0.25) is 9.78 Å². The number of fused-ring (bicyclic) bond motifs is 1. The highest BCUT2D eigenvalue weighted by atomic mass is 32.1. The molecular formula is C15H15N3OS.